The molecule has 0 aliphatic heterocycles. The van der Waals surface area contributed by atoms with Crippen molar-refractivity contribution in [3.63, 3.8) is 0 Å². The summed E-state index contributed by atoms with van der Waals surface area (Å²) >= 11 is 6.21. The average molecular weight is 395 g/mol. The highest BCUT2D eigenvalue weighted by Gasteiger charge is 2.18. The van der Waals surface area contributed by atoms with Crippen LogP contribution < -0.4 is 20.1 Å². The lowest BCUT2D eigenvalue weighted by Gasteiger charge is -2.11. The lowest BCUT2D eigenvalue weighted by molar-refractivity contribution is 0.0605. The second-order valence-corrected chi connectivity index (χ2v) is 6.31. The van der Waals surface area contributed by atoms with Gasteiger partial charge in [0.25, 0.3) is 5.91 Å². The topological polar surface area (TPSA) is 98.8 Å². The van der Waals surface area contributed by atoms with E-state index in [0.29, 0.717) is 32.8 Å². The molecule has 0 aliphatic rings. The van der Waals surface area contributed by atoms with Gasteiger partial charge in [0.15, 0.2) is 10.2 Å². The number of hydrogen-bond donors (Lipinski definition) is 2. The number of nitrogens with zero attached hydrogens (tertiary/aromatic N) is 1. The van der Waals surface area contributed by atoms with E-state index in [1.54, 1.807) is 25.1 Å². The van der Waals surface area contributed by atoms with Crippen molar-refractivity contribution in [1.29, 1.82) is 0 Å². The predicted molar refractivity (Wildman–Crippen MR) is 101 cm³/mol. The van der Waals surface area contributed by atoms with Crippen molar-refractivity contribution >= 4 is 45.7 Å². The van der Waals surface area contributed by atoms with E-state index in [9.17, 15) is 9.59 Å². The number of carbonyl (C=O) groups is 2. The summed E-state index contributed by atoms with van der Waals surface area (Å²) in [5.41, 5.74) is 0.804. The van der Waals surface area contributed by atoms with Crippen molar-refractivity contribution in [2.24, 2.45) is 0 Å². The molecule has 138 valence electrons. The van der Waals surface area contributed by atoms with Crippen molar-refractivity contribution in [3.8, 4) is 11.5 Å². The van der Waals surface area contributed by atoms with Gasteiger partial charge < -0.3 is 19.5 Å². The van der Waals surface area contributed by atoms with Gasteiger partial charge in [-0.05, 0) is 31.3 Å². The van der Waals surface area contributed by atoms with E-state index in [2.05, 4.69) is 20.4 Å². The maximum atomic E-state index is 12.4. The van der Waals surface area contributed by atoms with E-state index < -0.39 is 11.9 Å². The maximum absolute atomic E-state index is 12.4. The van der Waals surface area contributed by atoms with E-state index in [-0.39, 0.29) is 5.11 Å². The molecule has 0 aliphatic carbocycles. The number of rotatable bonds is 5. The zero-order chi connectivity index (χ0) is 19.3. The van der Waals surface area contributed by atoms with Crippen LogP contribution in [0.4, 0.5) is 5.13 Å². The highest BCUT2D eigenvalue weighted by atomic mass is 32.1. The summed E-state index contributed by atoms with van der Waals surface area (Å²) in [6, 6.07) is 4.80. The molecule has 1 aromatic heterocycles. The smallest absolute Gasteiger partial charge is 0.350 e. The maximum Gasteiger partial charge on any atom is 0.350 e. The van der Waals surface area contributed by atoms with Crippen LogP contribution in [0, 0.1) is 6.92 Å². The Morgan fingerprint density at radius 1 is 1.19 bits per heavy atom. The molecule has 2 rings (SSSR count). The first-order valence-electron chi connectivity index (χ1n) is 7.29. The number of thiazole rings is 1. The Kier molecular flexibility index (Phi) is 6.47. The van der Waals surface area contributed by atoms with Crippen LogP contribution in [0.2, 0.25) is 0 Å². The zero-order valence-corrected chi connectivity index (χ0v) is 16.2. The van der Waals surface area contributed by atoms with Crippen LogP contribution in [0.1, 0.15) is 25.7 Å². The number of aromatic nitrogens is 1. The first kappa shape index (κ1) is 19.6. The van der Waals surface area contributed by atoms with Gasteiger partial charge in [0.05, 0.1) is 32.6 Å². The summed E-state index contributed by atoms with van der Waals surface area (Å²) in [4.78, 5) is 28.6. The molecule has 0 unspecified atom stereocenters. The Morgan fingerprint density at radius 2 is 1.92 bits per heavy atom. The number of anilines is 1. The Bertz CT molecular complexity index is 850. The fraction of sp³-hybridized carbons (Fsp3) is 0.250. The molecule has 1 aromatic carbocycles. The van der Waals surface area contributed by atoms with Crippen molar-refractivity contribution in [2.45, 2.75) is 6.92 Å². The van der Waals surface area contributed by atoms with E-state index in [1.807, 2.05) is 0 Å². The summed E-state index contributed by atoms with van der Waals surface area (Å²) in [5.74, 6) is -0.0233. The Balaban J connectivity index is 2.08. The lowest BCUT2D eigenvalue weighted by Crippen LogP contribution is -2.34. The van der Waals surface area contributed by atoms with Crippen molar-refractivity contribution in [1.82, 2.24) is 10.3 Å². The van der Waals surface area contributed by atoms with Gasteiger partial charge in [0.2, 0.25) is 0 Å². The SMILES string of the molecule is COC(=O)c1sc(NC(=S)NC(=O)c2ccc(OC)cc2OC)nc1C. The van der Waals surface area contributed by atoms with Crippen molar-refractivity contribution < 1.29 is 23.8 Å². The van der Waals surface area contributed by atoms with Gasteiger partial charge in [0.1, 0.15) is 16.4 Å². The largest absolute Gasteiger partial charge is 0.497 e. The molecular formula is C16H17N3O5S2. The van der Waals surface area contributed by atoms with Crippen molar-refractivity contribution in [3.05, 3.63) is 34.3 Å². The third kappa shape index (κ3) is 4.46. The number of carbonyl (C=O) groups excluding carboxylic acids is 2. The molecule has 26 heavy (non-hydrogen) atoms. The molecule has 0 radical (unpaired) electrons. The van der Waals surface area contributed by atoms with Gasteiger partial charge in [-0.3, -0.25) is 10.1 Å². The second-order valence-electron chi connectivity index (χ2n) is 4.90. The number of ether oxygens (including phenoxy) is 3. The van der Waals surface area contributed by atoms with Crippen LogP contribution in [0.5, 0.6) is 11.5 Å². The number of benzene rings is 1. The van der Waals surface area contributed by atoms with E-state index in [1.165, 1.54) is 21.3 Å². The van der Waals surface area contributed by atoms with Crippen LogP contribution in [0.25, 0.3) is 0 Å². The number of amides is 1. The summed E-state index contributed by atoms with van der Waals surface area (Å²) in [5, 5.41) is 5.73. The van der Waals surface area contributed by atoms with Gasteiger partial charge >= 0.3 is 5.97 Å². The quantitative estimate of drug-likeness (QED) is 0.588. The molecular weight excluding hydrogens is 378 g/mol. The predicted octanol–water partition coefficient (Wildman–Crippen LogP) is 2.38. The number of esters is 1. The standard InChI is InChI=1S/C16H17N3O5S2/c1-8-12(14(21)24-4)26-16(17-8)19-15(25)18-13(20)10-6-5-9(22-2)7-11(10)23-3/h5-7H,1-4H3,(H2,17,18,19,20,25). The lowest BCUT2D eigenvalue weighted by atomic mass is 10.2. The molecule has 1 amide bonds. The van der Waals surface area contributed by atoms with Gasteiger partial charge in [-0.25, -0.2) is 9.78 Å². The molecule has 0 bridgehead atoms. The molecule has 10 heteroatoms. The van der Waals surface area contributed by atoms with E-state index >= 15 is 0 Å². The van der Waals surface area contributed by atoms with Crippen LogP contribution in [0.15, 0.2) is 18.2 Å². The summed E-state index contributed by atoms with van der Waals surface area (Å²) in [6.07, 6.45) is 0. The van der Waals surface area contributed by atoms with Gasteiger partial charge in [-0.1, -0.05) is 11.3 Å². The first-order valence-corrected chi connectivity index (χ1v) is 8.52. The fourth-order valence-electron chi connectivity index (χ4n) is 2.02. The minimum Gasteiger partial charge on any atom is -0.497 e. The van der Waals surface area contributed by atoms with Crippen LogP contribution in [-0.2, 0) is 4.74 Å². The molecule has 2 N–H and O–H groups in total. The minimum atomic E-state index is -0.481. The Labute approximate surface area is 159 Å². The molecule has 0 spiro atoms. The number of thiocarbonyl (C=S) groups is 1. The summed E-state index contributed by atoms with van der Waals surface area (Å²) in [7, 11) is 4.27. The minimum absolute atomic E-state index is 0.0398. The van der Waals surface area contributed by atoms with Gasteiger partial charge in [-0.2, -0.15) is 0 Å². The van der Waals surface area contributed by atoms with E-state index in [4.69, 9.17) is 21.7 Å². The third-order valence-electron chi connectivity index (χ3n) is 3.27. The number of nitrogens with one attached hydrogen (secondary N) is 2. The monoisotopic (exact) mass is 395 g/mol. The number of methoxy groups -OCH3 is 3. The van der Waals surface area contributed by atoms with Gasteiger partial charge in [0, 0.05) is 6.07 Å². The second kappa shape index (κ2) is 8.59. The summed E-state index contributed by atoms with van der Waals surface area (Å²) in [6.45, 7) is 1.68. The van der Waals surface area contributed by atoms with E-state index in [0.717, 1.165) is 11.3 Å². The number of aryl methyl sites for hydroxylation is 1. The molecule has 2 aromatic rings. The molecule has 1 heterocycles. The van der Waals surface area contributed by atoms with Crippen LogP contribution >= 0.6 is 23.6 Å². The van der Waals surface area contributed by atoms with Crippen molar-refractivity contribution in [2.75, 3.05) is 26.6 Å². The normalized spacial score (nSPS) is 10.0. The highest BCUT2D eigenvalue weighted by molar-refractivity contribution is 7.80. The molecule has 0 saturated carbocycles. The molecule has 0 atom stereocenters. The van der Waals surface area contributed by atoms with Gasteiger partial charge in [-0.15, -0.1) is 0 Å². The fourth-order valence-corrected chi connectivity index (χ4v) is 3.16. The first-order chi connectivity index (χ1) is 12.4. The Hall–Kier alpha value is -2.72. The molecule has 0 fully saturated rings. The number of hydrogen-bond acceptors (Lipinski definition) is 8. The molecule has 0 saturated heterocycles. The van der Waals surface area contributed by atoms with Crippen LogP contribution in [-0.4, -0.2) is 43.3 Å². The van der Waals surface area contributed by atoms with Crippen LogP contribution in [0.3, 0.4) is 0 Å². The molecule has 8 nitrogen and oxygen atoms in total. The highest BCUT2D eigenvalue weighted by Crippen LogP contribution is 2.25. The summed E-state index contributed by atoms with van der Waals surface area (Å²) < 4.78 is 15.0. The Morgan fingerprint density at radius 3 is 2.54 bits per heavy atom. The zero-order valence-electron chi connectivity index (χ0n) is 14.5. The average Bonchev–Trinajstić information content (AvgIpc) is 3.00. The third-order valence-corrected chi connectivity index (χ3v) is 4.53.